The second-order valence-corrected chi connectivity index (χ2v) is 9.84. The number of likely N-dealkylation sites (tertiary alicyclic amines) is 1. The highest BCUT2D eigenvalue weighted by Crippen LogP contribution is 2.32. The number of nitrogens with zero attached hydrogens (tertiary/aromatic N) is 1. The number of benzene rings is 4. The molecular weight excluding hydrogens is 456 g/mol. The molecule has 0 aliphatic carbocycles. The van der Waals surface area contributed by atoms with Crippen LogP contribution in [0.5, 0.6) is 11.5 Å². The molecule has 4 aromatic carbocycles. The van der Waals surface area contributed by atoms with Crippen LogP contribution in [0.3, 0.4) is 0 Å². The predicted octanol–water partition coefficient (Wildman–Crippen LogP) is 6.75. The molecule has 4 aromatic rings. The molecule has 0 bridgehead atoms. The Hall–Kier alpha value is -3.76. The van der Waals surface area contributed by atoms with E-state index in [1.807, 2.05) is 30.3 Å². The zero-order chi connectivity index (χ0) is 25.5. The molecule has 4 heteroatoms. The molecule has 5 rings (SSSR count). The van der Waals surface area contributed by atoms with Gasteiger partial charge in [-0.1, -0.05) is 60.7 Å². The standard InChI is InChI=1S/C33H36N2O2/c1-36-33-22-26(9-10-28(33)17-20-35-18-5-6-19-35)21-29-13-16-31(37-24-25-7-3-2-4-8-25)23-32(29)27-11-14-30(34)15-12-27/h2-4,7-16,22-23H,5-6,17-21,24,34H2,1H3. The summed E-state index contributed by atoms with van der Waals surface area (Å²) in [7, 11) is 1.77. The molecule has 1 saturated heterocycles. The van der Waals surface area contributed by atoms with Crippen molar-refractivity contribution in [1.82, 2.24) is 4.90 Å². The Bertz CT molecular complexity index is 1300. The Labute approximate surface area is 220 Å². The predicted molar refractivity (Wildman–Crippen MR) is 152 cm³/mol. The molecule has 1 aliphatic heterocycles. The average molecular weight is 493 g/mol. The van der Waals surface area contributed by atoms with Crippen LogP contribution in [0.1, 0.15) is 35.1 Å². The Morgan fingerprint density at radius 3 is 2.30 bits per heavy atom. The molecule has 2 N–H and O–H groups in total. The highest BCUT2D eigenvalue weighted by atomic mass is 16.5. The maximum absolute atomic E-state index is 6.16. The largest absolute Gasteiger partial charge is 0.496 e. The first-order valence-electron chi connectivity index (χ1n) is 13.2. The van der Waals surface area contributed by atoms with E-state index in [4.69, 9.17) is 15.2 Å². The summed E-state index contributed by atoms with van der Waals surface area (Å²) in [6.45, 7) is 4.08. The van der Waals surface area contributed by atoms with Crippen LogP contribution in [0.4, 0.5) is 5.69 Å². The zero-order valence-electron chi connectivity index (χ0n) is 21.7. The monoisotopic (exact) mass is 492 g/mol. The van der Waals surface area contributed by atoms with Crippen molar-refractivity contribution >= 4 is 5.69 Å². The SMILES string of the molecule is COc1cc(Cc2ccc(OCc3ccccc3)cc2-c2ccc(N)cc2)ccc1CCN1CCCC1. The molecule has 0 aromatic heterocycles. The summed E-state index contributed by atoms with van der Waals surface area (Å²) < 4.78 is 12.0. The van der Waals surface area contributed by atoms with E-state index in [0.29, 0.717) is 6.61 Å². The third-order valence-corrected chi connectivity index (χ3v) is 7.19. The lowest BCUT2D eigenvalue weighted by Crippen LogP contribution is -2.22. The molecule has 0 unspecified atom stereocenters. The summed E-state index contributed by atoms with van der Waals surface area (Å²) >= 11 is 0. The van der Waals surface area contributed by atoms with E-state index in [0.717, 1.165) is 53.3 Å². The Morgan fingerprint density at radius 1 is 0.784 bits per heavy atom. The van der Waals surface area contributed by atoms with Crippen LogP contribution in [-0.4, -0.2) is 31.6 Å². The summed E-state index contributed by atoms with van der Waals surface area (Å²) in [6, 6.07) is 31.4. The topological polar surface area (TPSA) is 47.7 Å². The smallest absolute Gasteiger partial charge is 0.122 e. The molecule has 0 radical (unpaired) electrons. The van der Waals surface area contributed by atoms with Crippen LogP contribution in [0.2, 0.25) is 0 Å². The fraction of sp³-hybridized carbons (Fsp3) is 0.273. The highest BCUT2D eigenvalue weighted by molar-refractivity contribution is 5.71. The molecule has 37 heavy (non-hydrogen) atoms. The second-order valence-electron chi connectivity index (χ2n) is 9.84. The van der Waals surface area contributed by atoms with Crippen LogP contribution < -0.4 is 15.2 Å². The summed E-state index contributed by atoms with van der Waals surface area (Å²) in [4.78, 5) is 2.55. The van der Waals surface area contributed by atoms with Gasteiger partial charge in [-0.3, -0.25) is 0 Å². The lowest BCUT2D eigenvalue weighted by atomic mass is 9.93. The van der Waals surface area contributed by atoms with Crippen LogP contribution in [-0.2, 0) is 19.4 Å². The molecule has 0 amide bonds. The third-order valence-electron chi connectivity index (χ3n) is 7.19. The lowest BCUT2D eigenvalue weighted by Gasteiger charge is -2.17. The molecule has 4 nitrogen and oxygen atoms in total. The van der Waals surface area contributed by atoms with E-state index >= 15 is 0 Å². The van der Waals surface area contributed by atoms with Crippen LogP contribution >= 0.6 is 0 Å². The number of hydrogen-bond donors (Lipinski definition) is 1. The maximum atomic E-state index is 6.16. The molecule has 0 atom stereocenters. The van der Waals surface area contributed by atoms with Crippen molar-refractivity contribution in [3.05, 3.63) is 113 Å². The van der Waals surface area contributed by atoms with E-state index in [1.54, 1.807) is 7.11 Å². The van der Waals surface area contributed by atoms with Gasteiger partial charge in [0.05, 0.1) is 7.11 Å². The van der Waals surface area contributed by atoms with Gasteiger partial charge in [-0.2, -0.15) is 0 Å². The first-order valence-corrected chi connectivity index (χ1v) is 13.2. The van der Waals surface area contributed by atoms with Crippen molar-refractivity contribution in [2.75, 3.05) is 32.5 Å². The summed E-state index contributed by atoms with van der Waals surface area (Å²) in [5, 5.41) is 0. The van der Waals surface area contributed by atoms with Gasteiger partial charge in [0.2, 0.25) is 0 Å². The van der Waals surface area contributed by atoms with Gasteiger partial charge in [0.25, 0.3) is 0 Å². The van der Waals surface area contributed by atoms with Crippen LogP contribution in [0.25, 0.3) is 11.1 Å². The molecule has 190 valence electrons. The lowest BCUT2D eigenvalue weighted by molar-refractivity contribution is 0.306. The van der Waals surface area contributed by atoms with Gasteiger partial charge < -0.3 is 20.1 Å². The third kappa shape index (κ3) is 6.52. The van der Waals surface area contributed by atoms with Gasteiger partial charge in [0, 0.05) is 12.2 Å². The quantitative estimate of drug-likeness (QED) is 0.249. The number of methoxy groups -OCH3 is 1. The van der Waals surface area contributed by atoms with Gasteiger partial charge in [0.15, 0.2) is 0 Å². The average Bonchev–Trinajstić information content (AvgIpc) is 3.46. The Kier molecular flexibility index (Phi) is 8.07. The Morgan fingerprint density at radius 2 is 1.54 bits per heavy atom. The number of ether oxygens (including phenoxy) is 2. The second kappa shape index (κ2) is 12.0. The fourth-order valence-electron chi connectivity index (χ4n) is 5.08. The van der Waals surface area contributed by atoms with E-state index in [-0.39, 0.29) is 0 Å². The van der Waals surface area contributed by atoms with Crippen molar-refractivity contribution in [1.29, 1.82) is 0 Å². The van der Waals surface area contributed by atoms with Gasteiger partial charge >= 0.3 is 0 Å². The van der Waals surface area contributed by atoms with Crippen molar-refractivity contribution in [2.45, 2.75) is 32.3 Å². The van der Waals surface area contributed by atoms with Gasteiger partial charge in [0.1, 0.15) is 18.1 Å². The van der Waals surface area contributed by atoms with E-state index < -0.39 is 0 Å². The number of rotatable bonds is 10. The molecule has 1 heterocycles. The number of anilines is 1. The molecular formula is C33H36N2O2. The van der Waals surface area contributed by atoms with E-state index in [2.05, 4.69) is 65.6 Å². The molecule has 1 fully saturated rings. The number of nitrogens with two attached hydrogens (primary N) is 1. The summed E-state index contributed by atoms with van der Waals surface area (Å²) in [5.41, 5.74) is 13.9. The first-order chi connectivity index (χ1) is 18.2. The van der Waals surface area contributed by atoms with Crippen molar-refractivity contribution in [2.24, 2.45) is 0 Å². The van der Waals surface area contributed by atoms with Crippen molar-refractivity contribution in [3.63, 3.8) is 0 Å². The van der Waals surface area contributed by atoms with Crippen LogP contribution in [0.15, 0.2) is 91.0 Å². The van der Waals surface area contributed by atoms with E-state index in [1.165, 1.54) is 42.6 Å². The summed E-state index contributed by atoms with van der Waals surface area (Å²) in [6.07, 6.45) is 4.47. The number of hydrogen-bond acceptors (Lipinski definition) is 4. The zero-order valence-corrected chi connectivity index (χ0v) is 21.7. The molecule has 1 aliphatic rings. The fourth-order valence-corrected chi connectivity index (χ4v) is 5.08. The molecule has 0 saturated carbocycles. The first kappa shape index (κ1) is 24.9. The van der Waals surface area contributed by atoms with Gasteiger partial charge in [-0.05, 0) is 102 Å². The maximum Gasteiger partial charge on any atom is 0.122 e. The Balaban J connectivity index is 1.37. The normalized spacial score (nSPS) is 13.5. The summed E-state index contributed by atoms with van der Waals surface area (Å²) in [5.74, 6) is 1.84. The minimum Gasteiger partial charge on any atom is -0.496 e. The van der Waals surface area contributed by atoms with Crippen molar-refractivity contribution < 1.29 is 9.47 Å². The van der Waals surface area contributed by atoms with E-state index in [9.17, 15) is 0 Å². The number of nitrogen functional groups attached to an aromatic ring is 1. The van der Waals surface area contributed by atoms with Gasteiger partial charge in [-0.15, -0.1) is 0 Å². The molecule has 0 spiro atoms. The minimum absolute atomic E-state index is 0.539. The van der Waals surface area contributed by atoms with Gasteiger partial charge in [-0.25, -0.2) is 0 Å². The highest BCUT2D eigenvalue weighted by Gasteiger charge is 2.14. The minimum atomic E-state index is 0.539. The van der Waals surface area contributed by atoms with Crippen LogP contribution in [0, 0.1) is 0 Å². The van der Waals surface area contributed by atoms with Crippen molar-refractivity contribution in [3.8, 4) is 22.6 Å².